The Morgan fingerprint density at radius 3 is 2.54 bits per heavy atom. The average Bonchev–Trinajstić information content (AvgIpc) is 3.45. The van der Waals surface area contributed by atoms with Crippen LogP contribution in [0.2, 0.25) is 0 Å². The number of nitrogens with zero attached hydrogens (tertiary/aromatic N) is 5. The molecule has 0 bridgehead atoms. The van der Waals surface area contributed by atoms with E-state index < -0.39 is 0 Å². The Balaban J connectivity index is 1.25. The molecule has 0 saturated heterocycles. The number of benzene rings is 2. The van der Waals surface area contributed by atoms with Crippen molar-refractivity contribution in [1.82, 2.24) is 30.8 Å². The molecule has 0 fully saturated rings. The van der Waals surface area contributed by atoms with E-state index >= 15 is 0 Å². The predicted molar refractivity (Wildman–Crippen MR) is 99.9 cm³/mol. The van der Waals surface area contributed by atoms with E-state index in [1.165, 1.54) is 11.8 Å². The lowest BCUT2D eigenvalue weighted by Crippen LogP contribution is -2.15. The molecule has 3 heterocycles. The Morgan fingerprint density at radius 1 is 0.893 bits per heavy atom. The quantitative estimate of drug-likeness (QED) is 0.510. The van der Waals surface area contributed by atoms with Crippen molar-refractivity contribution in [2.45, 2.75) is 11.0 Å². The maximum atomic E-state index is 5.78. The van der Waals surface area contributed by atoms with Crippen LogP contribution in [0, 0.1) is 0 Å². The van der Waals surface area contributed by atoms with E-state index in [1.54, 1.807) is 0 Å². The summed E-state index contributed by atoms with van der Waals surface area (Å²) < 4.78 is 16.9. The number of aromatic amines is 1. The summed E-state index contributed by atoms with van der Waals surface area (Å²) in [5.74, 6) is 3.15. The molecule has 140 valence electrons. The number of rotatable bonds is 5. The van der Waals surface area contributed by atoms with Crippen molar-refractivity contribution in [3.8, 4) is 34.3 Å². The lowest BCUT2D eigenvalue weighted by molar-refractivity contribution is 0.171. The smallest absolute Gasteiger partial charge is 0.277 e. The summed E-state index contributed by atoms with van der Waals surface area (Å²) in [6.07, 6.45) is 0. The molecule has 0 atom stereocenters. The second kappa shape index (κ2) is 7.31. The van der Waals surface area contributed by atoms with Gasteiger partial charge in [0.2, 0.25) is 11.7 Å². The third-order valence-electron chi connectivity index (χ3n) is 4.12. The second-order valence-corrected chi connectivity index (χ2v) is 6.88. The maximum absolute atomic E-state index is 5.78. The molecule has 0 radical (unpaired) electrons. The number of fused-ring (bicyclic) bond motifs is 1. The Bertz CT molecular complexity index is 1080. The van der Waals surface area contributed by atoms with Crippen LogP contribution in [0.1, 0.15) is 5.56 Å². The molecular weight excluding hydrogens is 380 g/mol. The van der Waals surface area contributed by atoms with Crippen LogP contribution in [0.5, 0.6) is 11.5 Å². The van der Waals surface area contributed by atoms with Gasteiger partial charge in [-0.25, -0.2) is 0 Å². The number of aromatic nitrogens is 6. The summed E-state index contributed by atoms with van der Waals surface area (Å²) in [6, 6.07) is 13.5. The van der Waals surface area contributed by atoms with E-state index in [1.807, 2.05) is 42.5 Å². The monoisotopic (exact) mass is 394 g/mol. The number of tetrazole rings is 1. The number of thioether (sulfide) groups is 1. The third kappa shape index (κ3) is 3.41. The van der Waals surface area contributed by atoms with Gasteiger partial charge < -0.3 is 13.9 Å². The molecule has 9 nitrogen and oxygen atoms in total. The maximum Gasteiger partial charge on any atom is 0.277 e. The minimum Gasteiger partial charge on any atom is -0.486 e. The van der Waals surface area contributed by atoms with Gasteiger partial charge in [-0.1, -0.05) is 36.0 Å². The van der Waals surface area contributed by atoms with E-state index in [0.29, 0.717) is 41.7 Å². The average molecular weight is 394 g/mol. The Kier molecular flexibility index (Phi) is 4.37. The van der Waals surface area contributed by atoms with Crippen LogP contribution in [0.3, 0.4) is 0 Å². The first-order valence-electron chi connectivity index (χ1n) is 8.54. The molecule has 5 rings (SSSR count). The highest BCUT2D eigenvalue weighted by Gasteiger charge is 2.16. The van der Waals surface area contributed by atoms with Crippen molar-refractivity contribution < 1.29 is 13.9 Å². The highest BCUT2D eigenvalue weighted by molar-refractivity contribution is 7.98. The molecule has 10 heteroatoms. The van der Waals surface area contributed by atoms with Crippen LogP contribution in [0.4, 0.5) is 0 Å². The van der Waals surface area contributed by atoms with Gasteiger partial charge in [-0.05, 0) is 29.0 Å². The summed E-state index contributed by atoms with van der Waals surface area (Å²) in [5, 5.41) is 22.7. The lowest BCUT2D eigenvalue weighted by atomic mass is 10.1. The zero-order valence-corrected chi connectivity index (χ0v) is 15.3. The molecule has 2 aromatic carbocycles. The van der Waals surface area contributed by atoms with E-state index in [9.17, 15) is 0 Å². The van der Waals surface area contributed by atoms with Gasteiger partial charge in [0.1, 0.15) is 13.2 Å². The molecule has 1 aliphatic rings. The number of ether oxygens (including phenoxy) is 2. The summed E-state index contributed by atoms with van der Waals surface area (Å²) in [5.41, 5.74) is 2.82. The van der Waals surface area contributed by atoms with Crippen LogP contribution in [0.25, 0.3) is 22.8 Å². The SMILES string of the molecule is c1cc(-c2nn[nH]n2)ccc1CSc1nnc(-c2ccc3c(c2)OCCO3)o1. The van der Waals surface area contributed by atoms with Gasteiger partial charge in [0.05, 0.1) is 0 Å². The van der Waals surface area contributed by atoms with Crippen molar-refractivity contribution in [1.29, 1.82) is 0 Å². The molecule has 4 aromatic rings. The van der Waals surface area contributed by atoms with Crippen LogP contribution in [0.15, 0.2) is 52.1 Å². The fourth-order valence-electron chi connectivity index (χ4n) is 2.74. The lowest BCUT2D eigenvalue weighted by Gasteiger charge is -2.18. The second-order valence-electron chi connectivity index (χ2n) is 5.95. The van der Waals surface area contributed by atoms with Crippen molar-refractivity contribution in [2.24, 2.45) is 0 Å². The molecule has 0 saturated carbocycles. The van der Waals surface area contributed by atoms with Crippen molar-refractivity contribution in [3.63, 3.8) is 0 Å². The number of hydrogen-bond donors (Lipinski definition) is 1. The Labute approximate surface area is 163 Å². The number of hydrogen-bond acceptors (Lipinski definition) is 9. The first-order valence-corrected chi connectivity index (χ1v) is 9.53. The van der Waals surface area contributed by atoms with Crippen LogP contribution >= 0.6 is 11.8 Å². The summed E-state index contributed by atoms with van der Waals surface area (Å²) in [6.45, 7) is 1.09. The first-order chi connectivity index (χ1) is 13.8. The van der Waals surface area contributed by atoms with E-state index in [0.717, 1.165) is 22.4 Å². The highest BCUT2D eigenvalue weighted by Crippen LogP contribution is 2.35. The van der Waals surface area contributed by atoms with Gasteiger partial charge >= 0.3 is 0 Å². The molecule has 1 N–H and O–H groups in total. The fraction of sp³-hybridized carbons (Fsp3) is 0.167. The molecular formula is C18H14N6O3S. The van der Waals surface area contributed by atoms with Crippen molar-refractivity contribution >= 4 is 11.8 Å². The largest absolute Gasteiger partial charge is 0.486 e. The van der Waals surface area contributed by atoms with Gasteiger partial charge in [-0.15, -0.1) is 20.4 Å². The van der Waals surface area contributed by atoms with Crippen LogP contribution in [-0.4, -0.2) is 44.0 Å². The predicted octanol–water partition coefficient (Wildman–Crippen LogP) is 2.98. The third-order valence-corrected chi connectivity index (χ3v) is 5.00. The summed E-state index contributed by atoms with van der Waals surface area (Å²) in [7, 11) is 0. The zero-order valence-electron chi connectivity index (χ0n) is 14.5. The fourth-order valence-corrected chi connectivity index (χ4v) is 3.46. The summed E-state index contributed by atoms with van der Waals surface area (Å²) >= 11 is 1.48. The van der Waals surface area contributed by atoms with Crippen molar-refractivity contribution in [3.05, 3.63) is 48.0 Å². The number of nitrogens with one attached hydrogen (secondary N) is 1. The van der Waals surface area contributed by atoms with Gasteiger partial charge in [-0.2, -0.15) is 5.21 Å². The Hall–Kier alpha value is -3.40. The highest BCUT2D eigenvalue weighted by atomic mass is 32.2. The normalized spacial score (nSPS) is 12.9. The van der Waals surface area contributed by atoms with Gasteiger partial charge in [0.25, 0.3) is 5.22 Å². The van der Waals surface area contributed by atoms with E-state index in [2.05, 4.69) is 30.8 Å². The standard InChI is InChI=1S/C18H14N6O3S/c1-3-12(16-19-23-24-20-16)4-2-11(1)10-28-18-22-21-17(27-18)13-5-6-14-15(9-13)26-8-7-25-14/h1-6,9H,7-8,10H2,(H,19,20,23,24). The molecule has 1 aliphatic heterocycles. The van der Waals surface area contributed by atoms with Gasteiger partial charge in [0.15, 0.2) is 11.5 Å². The minimum absolute atomic E-state index is 0.451. The van der Waals surface area contributed by atoms with Crippen LogP contribution in [-0.2, 0) is 5.75 Å². The minimum atomic E-state index is 0.451. The molecule has 28 heavy (non-hydrogen) atoms. The topological polar surface area (TPSA) is 112 Å². The van der Waals surface area contributed by atoms with Crippen molar-refractivity contribution in [2.75, 3.05) is 13.2 Å². The molecule has 0 amide bonds. The first kappa shape index (κ1) is 16.8. The Morgan fingerprint density at radius 2 is 1.71 bits per heavy atom. The van der Waals surface area contributed by atoms with E-state index in [-0.39, 0.29) is 0 Å². The van der Waals surface area contributed by atoms with Gasteiger partial charge in [-0.3, -0.25) is 0 Å². The van der Waals surface area contributed by atoms with E-state index in [4.69, 9.17) is 13.9 Å². The molecule has 0 aliphatic carbocycles. The van der Waals surface area contributed by atoms with Gasteiger partial charge in [0, 0.05) is 16.9 Å². The van der Waals surface area contributed by atoms with Crippen LogP contribution < -0.4 is 9.47 Å². The number of H-pyrrole nitrogens is 1. The molecule has 0 spiro atoms. The zero-order chi connectivity index (χ0) is 18.8. The summed E-state index contributed by atoms with van der Waals surface area (Å²) in [4.78, 5) is 0. The molecule has 2 aromatic heterocycles. The molecule has 0 unspecified atom stereocenters.